The molecule has 0 spiro atoms. The molecule has 2 heteroatoms. The van der Waals surface area contributed by atoms with Crippen LogP contribution >= 0.6 is 0 Å². The van der Waals surface area contributed by atoms with Gasteiger partial charge >= 0.3 is 0 Å². The summed E-state index contributed by atoms with van der Waals surface area (Å²) in [5.41, 5.74) is 0. The van der Waals surface area contributed by atoms with E-state index in [0.717, 1.165) is 18.4 Å². The Kier molecular flexibility index (Phi) is 10.0. The van der Waals surface area contributed by atoms with Crippen molar-refractivity contribution in [1.29, 1.82) is 0 Å². The van der Waals surface area contributed by atoms with Crippen molar-refractivity contribution < 1.29 is 0 Å². The minimum absolute atomic E-state index is 0.771. The average molecular weight is 228 g/mol. The van der Waals surface area contributed by atoms with Crippen molar-refractivity contribution in [2.45, 2.75) is 47.0 Å². The van der Waals surface area contributed by atoms with Crippen molar-refractivity contribution in [3.05, 3.63) is 0 Å². The highest BCUT2D eigenvalue weighted by molar-refractivity contribution is 4.58. The topological polar surface area (TPSA) is 15.3 Å². The van der Waals surface area contributed by atoms with Crippen LogP contribution in [0.3, 0.4) is 0 Å². The highest BCUT2D eigenvalue weighted by atomic mass is 15.1. The molecule has 0 bridgehead atoms. The zero-order chi connectivity index (χ0) is 12.4. The Balaban J connectivity index is 3.24. The molecule has 0 heterocycles. The summed E-state index contributed by atoms with van der Waals surface area (Å²) in [7, 11) is 2.24. The second-order valence-corrected chi connectivity index (χ2v) is 5.58. The summed E-state index contributed by atoms with van der Waals surface area (Å²) in [5, 5.41) is 3.49. The van der Waals surface area contributed by atoms with Crippen LogP contribution in [0.2, 0.25) is 0 Å². The predicted molar refractivity (Wildman–Crippen MR) is 73.9 cm³/mol. The SMILES string of the molecule is CCC(C)CN(C)CCCCNCC(C)C. The number of nitrogens with zero attached hydrogens (tertiary/aromatic N) is 1. The summed E-state index contributed by atoms with van der Waals surface area (Å²) >= 11 is 0. The first kappa shape index (κ1) is 15.9. The first-order valence-corrected chi connectivity index (χ1v) is 6.95. The second-order valence-electron chi connectivity index (χ2n) is 5.58. The lowest BCUT2D eigenvalue weighted by Gasteiger charge is -2.20. The van der Waals surface area contributed by atoms with E-state index in [1.807, 2.05) is 0 Å². The Labute approximate surface area is 103 Å². The third-order valence-corrected chi connectivity index (χ3v) is 3.02. The summed E-state index contributed by atoms with van der Waals surface area (Å²) in [6, 6.07) is 0. The Morgan fingerprint density at radius 3 is 2.38 bits per heavy atom. The molecule has 0 aliphatic carbocycles. The van der Waals surface area contributed by atoms with Crippen molar-refractivity contribution in [2.24, 2.45) is 11.8 Å². The van der Waals surface area contributed by atoms with Gasteiger partial charge in [0, 0.05) is 6.54 Å². The number of rotatable bonds is 10. The summed E-state index contributed by atoms with van der Waals surface area (Å²) in [4.78, 5) is 2.47. The quantitative estimate of drug-likeness (QED) is 0.578. The molecule has 16 heavy (non-hydrogen) atoms. The summed E-state index contributed by atoms with van der Waals surface area (Å²) in [6.45, 7) is 13.9. The van der Waals surface area contributed by atoms with Gasteiger partial charge in [-0.25, -0.2) is 0 Å². The third kappa shape index (κ3) is 10.4. The Hall–Kier alpha value is -0.0800. The maximum absolute atomic E-state index is 3.49. The van der Waals surface area contributed by atoms with Gasteiger partial charge in [-0.05, 0) is 51.4 Å². The van der Waals surface area contributed by atoms with Crippen molar-refractivity contribution in [2.75, 3.05) is 33.2 Å². The smallest absolute Gasteiger partial charge is 0.000387 e. The second kappa shape index (κ2) is 10.1. The van der Waals surface area contributed by atoms with Gasteiger partial charge in [-0.15, -0.1) is 0 Å². The van der Waals surface area contributed by atoms with E-state index >= 15 is 0 Å². The van der Waals surface area contributed by atoms with Crippen LogP contribution in [0.1, 0.15) is 47.0 Å². The van der Waals surface area contributed by atoms with Gasteiger partial charge in [0.25, 0.3) is 0 Å². The van der Waals surface area contributed by atoms with Crippen molar-refractivity contribution in [3.63, 3.8) is 0 Å². The first-order chi connectivity index (χ1) is 7.56. The third-order valence-electron chi connectivity index (χ3n) is 3.02. The van der Waals surface area contributed by atoms with Crippen LogP contribution in [0.5, 0.6) is 0 Å². The van der Waals surface area contributed by atoms with Crippen LogP contribution in [0.15, 0.2) is 0 Å². The largest absolute Gasteiger partial charge is 0.316 e. The van der Waals surface area contributed by atoms with Gasteiger partial charge in [-0.2, -0.15) is 0 Å². The van der Waals surface area contributed by atoms with Crippen LogP contribution in [0.4, 0.5) is 0 Å². The number of hydrogen-bond donors (Lipinski definition) is 1. The fraction of sp³-hybridized carbons (Fsp3) is 1.00. The van der Waals surface area contributed by atoms with Gasteiger partial charge in [0.05, 0.1) is 0 Å². The average Bonchev–Trinajstić information content (AvgIpc) is 2.22. The molecule has 0 amide bonds. The highest BCUT2D eigenvalue weighted by Crippen LogP contribution is 2.03. The zero-order valence-electron chi connectivity index (χ0n) is 12.1. The minimum atomic E-state index is 0.771. The van der Waals surface area contributed by atoms with Gasteiger partial charge in [-0.3, -0.25) is 0 Å². The molecule has 0 aromatic rings. The van der Waals surface area contributed by atoms with Crippen LogP contribution in [0.25, 0.3) is 0 Å². The molecule has 0 aromatic carbocycles. The first-order valence-electron chi connectivity index (χ1n) is 6.95. The van der Waals surface area contributed by atoms with E-state index in [-0.39, 0.29) is 0 Å². The number of nitrogens with one attached hydrogen (secondary N) is 1. The normalized spacial score (nSPS) is 13.7. The molecule has 0 saturated carbocycles. The molecule has 0 aliphatic heterocycles. The van der Waals surface area contributed by atoms with Crippen molar-refractivity contribution >= 4 is 0 Å². The fourth-order valence-corrected chi connectivity index (χ4v) is 1.77. The molecule has 0 fully saturated rings. The standard InChI is InChI=1S/C14H32N2/c1-6-14(4)12-16(5)10-8-7-9-15-11-13(2)3/h13-15H,6-12H2,1-5H3. The van der Waals surface area contributed by atoms with Crippen LogP contribution in [-0.2, 0) is 0 Å². The van der Waals surface area contributed by atoms with Gasteiger partial charge in [0.1, 0.15) is 0 Å². The Morgan fingerprint density at radius 1 is 1.12 bits per heavy atom. The predicted octanol–water partition coefficient (Wildman–Crippen LogP) is 2.99. The lowest BCUT2D eigenvalue weighted by atomic mass is 10.1. The summed E-state index contributed by atoms with van der Waals surface area (Å²) in [6.07, 6.45) is 3.91. The Bertz CT molecular complexity index is 146. The maximum Gasteiger partial charge on any atom is 0.000387 e. The summed E-state index contributed by atoms with van der Waals surface area (Å²) in [5.74, 6) is 1.61. The molecule has 1 N–H and O–H groups in total. The van der Waals surface area contributed by atoms with Crippen LogP contribution < -0.4 is 5.32 Å². The molecular weight excluding hydrogens is 196 g/mol. The molecule has 2 nitrogen and oxygen atoms in total. The van der Waals surface area contributed by atoms with E-state index in [1.54, 1.807) is 0 Å². The highest BCUT2D eigenvalue weighted by Gasteiger charge is 2.03. The van der Waals surface area contributed by atoms with E-state index in [9.17, 15) is 0 Å². The van der Waals surface area contributed by atoms with Gasteiger partial charge in [-0.1, -0.05) is 34.1 Å². The number of unbranched alkanes of at least 4 members (excludes halogenated alkanes) is 1. The molecular formula is C14H32N2. The molecule has 1 unspecified atom stereocenters. The molecule has 0 saturated heterocycles. The Morgan fingerprint density at radius 2 is 1.81 bits per heavy atom. The lowest BCUT2D eigenvalue weighted by molar-refractivity contribution is 0.276. The molecule has 0 aliphatic rings. The van der Waals surface area contributed by atoms with E-state index in [0.29, 0.717) is 0 Å². The number of hydrogen-bond acceptors (Lipinski definition) is 2. The van der Waals surface area contributed by atoms with E-state index in [4.69, 9.17) is 0 Å². The monoisotopic (exact) mass is 228 g/mol. The zero-order valence-corrected chi connectivity index (χ0v) is 12.1. The molecule has 0 radical (unpaired) electrons. The van der Waals surface area contributed by atoms with Crippen molar-refractivity contribution in [1.82, 2.24) is 10.2 Å². The molecule has 98 valence electrons. The van der Waals surface area contributed by atoms with Crippen molar-refractivity contribution in [3.8, 4) is 0 Å². The van der Waals surface area contributed by atoms with Gasteiger partial charge < -0.3 is 10.2 Å². The van der Waals surface area contributed by atoms with E-state index in [1.165, 1.54) is 38.9 Å². The maximum atomic E-state index is 3.49. The molecule has 0 aromatic heterocycles. The minimum Gasteiger partial charge on any atom is -0.316 e. The van der Waals surface area contributed by atoms with E-state index in [2.05, 4.69) is 45.0 Å². The van der Waals surface area contributed by atoms with Crippen LogP contribution in [0, 0.1) is 11.8 Å². The van der Waals surface area contributed by atoms with Gasteiger partial charge in [0.2, 0.25) is 0 Å². The lowest BCUT2D eigenvalue weighted by Crippen LogP contribution is -2.26. The van der Waals surface area contributed by atoms with E-state index < -0.39 is 0 Å². The molecule has 1 atom stereocenters. The van der Waals surface area contributed by atoms with Crippen LogP contribution in [-0.4, -0.2) is 38.1 Å². The summed E-state index contributed by atoms with van der Waals surface area (Å²) < 4.78 is 0. The molecule has 0 rings (SSSR count). The fourth-order valence-electron chi connectivity index (χ4n) is 1.77. The van der Waals surface area contributed by atoms with Gasteiger partial charge in [0.15, 0.2) is 0 Å².